The standard InChI is InChI=1S/C32H19NS/c1-2-10-21-20(9-1)17-29(23-12-4-3-11-22(21)23)33-28-15-7-5-13-24(28)26-19-32-27(18-30(26)33)25-14-6-8-16-31(25)34-32/h1-19H. The molecule has 0 aliphatic rings. The van der Waals surface area contributed by atoms with Gasteiger partial charge in [-0.15, -0.1) is 11.3 Å². The van der Waals surface area contributed by atoms with Crippen molar-refractivity contribution in [3.63, 3.8) is 0 Å². The maximum atomic E-state index is 2.48. The Morgan fingerprint density at radius 1 is 0.412 bits per heavy atom. The van der Waals surface area contributed by atoms with Gasteiger partial charge in [0.15, 0.2) is 0 Å². The first-order valence-corrected chi connectivity index (χ1v) is 12.4. The van der Waals surface area contributed by atoms with Crippen LogP contribution in [-0.4, -0.2) is 4.57 Å². The molecule has 0 saturated heterocycles. The van der Waals surface area contributed by atoms with E-state index in [-0.39, 0.29) is 0 Å². The van der Waals surface area contributed by atoms with Gasteiger partial charge in [-0.1, -0.05) is 84.9 Å². The van der Waals surface area contributed by atoms with Crippen LogP contribution in [0.25, 0.3) is 69.2 Å². The van der Waals surface area contributed by atoms with Crippen molar-refractivity contribution in [2.45, 2.75) is 0 Å². The van der Waals surface area contributed by atoms with Gasteiger partial charge in [-0.05, 0) is 46.5 Å². The Morgan fingerprint density at radius 2 is 1.09 bits per heavy atom. The average molecular weight is 450 g/mol. The fourth-order valence-electron chi connectivity index (χ4n) is 5.67. The quantitative estimate of drug-likeness (QED) is 0.220. The topological polar surface area (TPSA) is 4.93 Å². The van der Waals surface area contributed by atoms with E-state index in [0.29, 0.717) is 0 Å². The van der Waals surface area contributed by atoms with Gasteiger partial charge in [0.2, 0.25) is 0 Å². The molecule has 0 atom stereocenters. The lowest BCUT2D eigenvalue weighted by Gasteiger charge is -2.14. The van der Waals surface area contributed by atoms with Gasteiger partial charge in [0.1, 0.15) is 0 Å². The summed E-state index contributed by atoms with van der Waals surface area (Å²) in [5.41, 5.74) is 3.75. The number of para-hydroxylation sites is 1. The molecule has 6 aromatic carbocycles. The molecular formula is C32H19NS. The van der Waals surface area contributed by atoms with Crippen LogP contribution < -0.4 is 0 Å². The molecule has 1 nitrogen and oxygen atoms in total. The van der Waals surface area contributed by atoms with Crippen LogP contribution >= 0.6 is 11.3 Å². The molecule has 0 aliphatic heterocycles. The summed E-state index contributed by atoms with van der Waals surface area (Å²) < 4.78 is 5.17. The predicted octanol–water partition coefficient (Wildman–Crippen LogP) is 9.46. The van der Waals surface area contributed by atoms with Crippen LogP contribution in [0, 0.1) is 0 Å². The molecule has 0 saturated carbocycles. The summed E-state index contributed by atoms with van der Waals surface area (Å²) in [7, 11) is 0. The zero-order valence-electron chi connectivity index (χ0n) is 18.3. The number of rotatable bonds is 1. The summed E-state index contributed by atoms with van der Waals surface area (Å²) in [5.74, 6) is 0. The number of thiophene rings is 1. The smallest absolute Gasteiger partial charge is 0.0548 e. The zero-order chi connectivity index (χ0) is 22.2. The molecule has 2 aromatic heterocycles. The van der Waals surface area contributed by atoms with Crippen LogP contribution in [0.3, 0.4) is 0 Å². The third-order valence-corrected chi connectivity index (χ3v) is 8.29. The van der Waals surface area contributed by atoms with E-state index in [9.17, 15) is 0 Å². The maximum absolute atomic E-state index is 2.48. The summed E-state index contributed by atoms with van der Waals surface area (Å²) in [6, 6.07) is 42.3. The minimum atomic E-state index is 1.24. The first kappa shape index (κ1) is 18.3. The largest absolute Gasteiger partial charge is 0.309 e. The number of hydrogen-bond donors (Lipinski definition) is 0. The van der Waals surface area contributed by atoms with Gasteiger partial charge in [-0.2, -0.15) is 0 Å². The molecule has 2 heterocycles. The molecule has 0 aliphatic carbocycles. The lowest BCUT2D eigenvalue weighted by atomic mass is 10.00. The van der Waals surface area contributed by atoms with Gasteiger partial charge in [0, 0.05) is 36.3 Å². The minimum absolute atomic E-state index is 1.24. The molecule has 0 bridgehead atoms. The highest BCUT2D eigenvalue weighted by Gasteiger charge is 2.17. The molecule has 8 aromatic rings. The first-order chi connectivity index (χ1) is 16.9. The maximum Gasteiger partial charge on any atom is 0.0548 e. The second-order valence-corrected chi connectivity index (χ2v) is 10.1. The van der Waals surface area contributed by atoms with Gasteiger partial charge in [0.25, 0.3) is 0 Å². The van der Waals surface area contributed by atoms with E-state index in [0.717, 1.165) is 0 Å². The summed E-state index contributed by atoms with van der Waals surface area (Å²) in [6.45, 7) is 0. The summed E-state index contributed by atoms with van der Waals surface area (Å²) in [5, 5.41) is 10.4. The van der Waals surface area contributed by atoms with Crippen LogP contribution in [0.4, 0.5) is 0 Å². The van der Waals surface area contributed by atoms with E-state index in [1.165, 1.54) is 69.2 Å². The molecule has 8 rings (SSSR count). The van der Waals surface area contributed by atoms with E-state index in [4.69, 9.17) is 0 Å². The molecule has 0 spiro atoms. The van der Waals surface area contributed by atoms with Gasteiger partial charge in [-0.3, -0.25) is 0 Å². The Labute approximate surface area is 200 Å². The van der Waals surface area contributed by atoms with E-state index >= 15 is 0 Å². The van der Waals surface area contributed by atoms with Crippen LogP contribution in [-0.2, 0) is 0 Å². The Hall–Kier alpha value is -4.14. The fourth-order valence-corrected chi connectivity index (χ4v) is 6.79. The van der Waals surface area contributed by atoms with E-state index in [1.54, 1.807) is 0 Å². The lowest BCUT2D eigenvalue weighted by molar-refractivity contribution is 1.20. The van der Waals surface area contributed by atoms with Crippen molar-refractivity contribution in [3.8, 4) is 5.69 Å². The predicted molar refractivity (Wildman–Crippen MR) is 149 cm³/mol. The van der Waals surface area contributed by atoms with Crippen LogP contribution in [0.2, 0.25) is 0 Å². The third-order valence-electron chi connectivity index (χ3n) is 7.16. The SMILES string of the molecule is c1ccc2c(c1)cc(-n1c3ccccc3c3cc4sc5ccccc5c4cc31)c1ccccc12. The van der Waals surface area contributed by atoms with Crippen LogP contribution in [0.5, 0.6) is 0 Å². The molecule has 0 N–H and O–H groups in total. The summed E-state index contributed by atoms with van der Waals surface area (Å²) in [4.78, 5) is 0. The van der Waals surface area contributed by atoms with Crippen molar-refractivity contribution in [1.82, 2.24) is 4.57 Å². The lowest BCUT2D eigenvalue weighted by Crippen LogP contribution is -1.96. The number of fused-ring (bicyclic) bond motifs is 9. The van der Waals surface area contributed by atoms with Crippen molar-refractivity contribution in [1.29, 1.82) is 0 Å². The molecule has 0 fully saturated rings. The van der Waals surface area contributed by atoms with Crippen molar-refractivity contribution in [2.75, 3.05) is 0 Å². The zero-order valence-corrected chi connectivity index (χ0v) is 19.1. The molecular weight excluding hydrogens is 430 g/mol. The highest BCUT2D eigenvalue weighted by atomic mass is 32.1. The second-order valence-electron chi connectivity index (χ2n) is 8.98. The number of benzene rings is 6. The average Bonchev–Trinajstić information content (AvgIpc) is 3.42. The highest BCUT2D eigenvalue weighted by molar-refractivity contribution is 7.25. The van der Waals surface area contributed by atoms with Gasteiger partial charge < -0.3 is 4.57 Å². The molecule has 0 radical (unpaired) electrons. The highest BCUT2D eigenvalue weighted by Crippen LogP contribution is 2.42. The monoisotopic (exact) mass is 449 g/mol. The van der Waals surface area contributed by atoms with E-state index < -0.39 is 0 Å². The van der Waals surface area contributed by atoms with Crippen molar-refractivity contribution >= 4 is 74.9 Å². The van der Waals surface area contributed by atoms with Crippen molar-refractivity contribution in [3.05, 3.63) is 115 Å². The number of nitrogens with zero attached hydrogens (tertiary/aromatic N) is 1. The van der Waals surface area contributed by atoms with Crippen molar-refractivity contribution in [2.24, 2.45) is 0 Å². The normalized spacial score (nSPS) is 12.1. The van der Waals surface area contributed by atoms with E-state index in [1.807, 2.05) is 11.3 Å². The molecule has 34 heavy (non-hydrogen) atoms. The summed E-state index contributed by atoms with van der Waals surface area (Å²) in [6.07, 6.45) is 0. The van der Waals surface area contributed by atoms with Gasteiger partial charge >= 0.3 is 0 Å². The second kappa shape index (κ2) is 6.69. The van der Waals surface area contributed by atoms with Crippen molar-refractivity contribution < 1.29 is 0 Å². The fraction of sp³-hybridized carbons (Fsp3) is 0. The Balaban J connectivity index is 1.61. The minimum Gasteiger partial charge on any atom is -0.309 e. The molecule has 0 unspecified atom stereocenters. The first-order valence-electron chi connectivity index (χ1n) is 11.6. The Kier molecular flexibility index (Phi) is 3.60. The van der Waals surface area contributed by atoms with Crippen LogP contribution in [0.1, 0.15) is 0 Å². The number of aromatic nitrogens is 1. The Morgan fingerprint density at radius 3 is 1.97 bits per heavy atom. The molecule has 2 heteroatoms. The van der Waals surface area contributed by atoms with E-state index in [2.05, 4.69) is 120 Å². The molecule has 158 valence electrons. The Bertz CT molecular complexity index is 2070. The summed E-state index contributed by atoms with van der Waals surface area (Å²) >= 11 is 1.89. The van der Waals surface area contributed by atoms with Crippen LogP contribution in [0.15, 0.2) is 115 Å². The number of hydrogen-bond acceptors (Lipinski definition) is 1. The van der Waals surface area contributed by atoms with Gasteiger partial charge in [0.05, 0.1) is 16.7 Å². The molecule has 0 amide bonds. The van der Waals surface area contributed by atoms with Gasteiger partial charge in [-0.25, -0.2) is 0 Å². The third kappa shape index (κ3) is 2.38.